The van der Waals surface area contributed by atoms with E-state index in [4.69, 9.17) is 14.2 Å². The lowest BCUT2D eigenvalue weighted by Gasteiger charge is -2.32. The molecule has 0 fully saturated rings. The number of nitrogens with one attached hydrogen (secondary N) is 2. The van der Waals surface area contributed by atoms with Crippen LogP contribution in [0.5, 0.6) is 0 Å². The van der Waals surface area contributed by atoms with E-state index in [1.807, 2.05) is 64.1 Å². The lowest BCUT2D eigenvalue weighted by molar-refractivity contribution is -0.162. The molecule has 0 aliphatic heterocycles. The zero-order valence-electron chi connectivity index (χ0n) is 26.0. The number of ether oxygens (including phenoxy) is 3. The molecule has 0 heterocycles. The number of carbonyl (C=O) groups is 4. The molecule has 2 atom stereocenters. The highest BCUT2D eigenvalue weighted by molar-refractivity contribution is 5.91. The number of hydrogen-bond acceptors (Lipinski definition) is 7. The van der Waals surface area contributed by atoms with Crippen molar-refractivity contribution in [3.8, 4) is 11.1 Å². The first kappa shape index (κ1) is 34.5. The van der Waals surface area contributed by atoms with Crippen LogP contribution in [0, 0.1) is 5.92 Å². The van der Waals surface area contributed by atoms with Gasteiger partial charge in [-0.25, -0.2) is 4.79 Å². The van der Waals surface area contributed by atoms with E-state index in [0.717, 1.165) is 28.7 Å². The van der Waals surface area contributed by atoms with Gasteiger partial charge in [0, 0.05) is 38.6 Å². The summed E-state index contributed by atoms with van der Waals surface area (Å²) < 4.78 is 16.7. The topological polar surface area (TPSA) is 143 Å². The molecule has 0 bridgehead atoms. The zero-order chi connectivity index (χ0) is 32.1. The number of carboxylic acid groups (broad SMARTS) is 1. The van der Waals surface area contributed by atoms with E-state index in [1.165, 1.54) is 4.90 Å². The van der Waals surface area contributed by atoms with Crippen LogP contribution < -0.4 is 10.6 Å². The van der Waals surface area contributed by atoms with E-state index in [1.54, 1.807) is 0 Å². The van der Waals surface area contributed by atoms with E-state index in [-0.39, 0.29) is 38.0 Å². The normalized spacial score (nSPS) is 13.5. The second-order valence-electron chi connectivity index (χ2n) is 10.8. The minimum Gasteiger partial charge on any atom is -0.481 e. The molecule has 3 rings (SSSR count). The quantitative estimate of drug-likeness (QED) is 0.213. The molecule has 0 saturated carbocycles. The molecule has 0 radical (unpaired) electrons. The van der Waals surface area contributed by atoms with Gasteiger partial charge in [0.05, 0.1) is 13.0 Å². The van der Waals surface area contributed by atoms with Crippen molar-refractivity contribution < 1.29 is 38.5 Å². The third kappa shape index (κ3) is 9.78. The standard InChI is InChI=1S/C33H45N3O8/c1-5-22(4)19-36(20-31(42-6-2)43-7-3)32(40)28(18-30(38)39)35-29(37)16-17-34-33(41)44-21-27-25-14-10-8-12-23(25)24-13-9-11-15-26(24)27/h8-15,22,27-28,31H,5-7,16-21H2,1-4H3,(H,34,41)(H,35,37)(H,38,39). The number of carboxylic acids is 1. The van der Waals surface area contributed by atoms with Crippen molar-refractivity contribution in [2.24, 2.45) is 5.92 Å². The zero-order valence-corrected chi connectivity index (χ0v) is 26.0. The molecular formula is C33H45N3O8. The van der Waals surface area contributed by atoms with Crippen LogP contribution in [0.15, 0.2) is 48.5 Å². The van der Waals surface area contributed by atoms with Gasteiger partial charge >= 0.3 is 12.1 Å². The summed E-state index contributed by atoms with van der Waals surface area (Å²) in [6, 6.07) is 14.7. The van der Waals surface area contributed by atoms with Crippen LogP contribution in [-0.2, 0) is 28.6 Å². The highest BCUT2D eigenvalue weighted by Gasteiger charge is 2.31. The van der Waals surface area contributed by atoms with Gasteiger partial charge in [-0.3, -0.25) is 14.4 Å². The summed E-state index contributed by atoms with van der Waals surface area (Å²) in [6.45, 7) is 8.90. The molecule has 0 aromatic heterocycles. The summed E-state index contributed by atoms with van der Waals surface area (Å²) >= 11 is 0. The first-order valence-electron chi connectivity index (χ1n) is 15.3. The molecule has 11 nitrogen and oxygen atoms in total. The minimum atomic E-state index is -1.29. The molecule has 3 amide bonds. The number of amides is 3. The van der Waals surface area contributed by atoms with E-state index in [9.17, 15) is 24.3 Å². The summed E-state index contributed by atoms with van der Waals surface area (Å²) in [5, 5.41) is 14.6. The Kier molecular flexibility index (Phi) is 13.6. The van der Waals surface area contributed by atoms with Crippen molar-refractivity contribution in [1.29, 1.82) is 0 Å². The van der Waals surface area contributed by atoms with E-state index < -0.39 is 42.6 Å². The third-order valence-corrected chi connectivity index (χ3v) is 7.59. The van der Waals surface area contributed by atoms with Gasteiger partial charge in [-0.1, -0.05) is 68.8 Å². The predicted octanol–water partition coefficient (Wildman–Crippen LogP) is 4.15. The maximum Gasteiger partial charge on any atom is 0.407 e. The third-order valence-electron chi connectivity index (χ3n) is 7.59. The average molecular weight is 612 g/mol. The number of hydrogen-bond donors (Lipinski definition) is 3. The number of fused-ring (bicyclic) bond motifs is 3. The lowest BCUT2D eigenvalue weighted by atomic mass is 9.98. The Morgan fingerprint density at radius 2 is 1.50 bits per heavy atom. The first-order chi connectivity index (χ1) is 21.2. The van der Waals surface area contributed by atoms with Crippen LogP contribution in [0.3, 0.4) is 0 Å². The van der Waals surface area contributed by atoms with Crippen LogP contribution in [0.4, 0.5) is 4.79 Å². The summed E-state index contributed by atoms with van der Waals surface area (Å²) in [4.78, 5) is 51.9. The monoisotopic (exact) mass is 611 g/mol. The van der Waals surface area contributed by atoms with Crippen molar-refractivity contribution in [3.05, 3.63) is 59.7 Å². The van der Waals surface area contributed by atoms with Crippen molar-refractivity contribution >= 4 is 23.9 Å². The maximum atomic E-state index is 13.5. The van der Waals surface area contributed by atoms with Gasteiger partial charge in [0.25, 0.3) is 0 Å². The molecule has 1 aliphatic rings. The fourth-order valence-electron chi connectivity index (χ4n) is 5.25. The summed E-state index contributed by atoms with van der Waals surface area (Å²) in [6.07, 6.45) is -1.31. The van der Waals surface area contributed by atoms with Crippen LogP contribution in [0.25, 0.3) is 11.1 Å². The first-order valence-corrected chi connectivity index (χ1v) is 15.3. The molecule has 0 spiro atoms. The predicted molar refractivity (Wildman–Crippen MR) is 165 cm³/mol. The van der Waals surface area contributed by atoms with E-state index in [0.29, 0.717) is 19.8 Å². The van der Waals surface area contributed by atoms with E-state index in [2.05, 4.69) is 22.8 Å². The molecule has 11 heteroatoms. The smallest absolute Gasteiger partial charge is 0.407 e. The average Bonchev–Trinajstić information content (AvgIpc) is 3.32. The van der Waals surface area contributed by atoms with Crippen molar-refractivity contribution in [2.75, 3.05) is 39.5 Å². The number of nitrogens with zero attached hydrogens (tertiary/aromatic N) is 1. The second kappa shape index (κ2) is 17.4. The van der Waals surface area contributed by atoms with Gasteiger partial charge in [0.1, 0.15) is 12.6 Å². The van der Waals surface area contributed by atoms with Crippen LogP contribution in [-0.4, -0.2) is 85.7 Å². The Hall–Kier alpha value is -3.96. The fourth-order valence-corrected chi connectivity index (χ4v) is 5.25. The highest BCUT2D eigenvalue weighted by atomic mass is 16.7. The van der Waals surface area contributed by atoms with E-state index >= 15 is 0 Å². The number of alkyl carbamates (subject to hydrolysis) is 1. The van der Waals surface area contributed by atoms with Gasteiger partial charge in [0.15, 0.2) is 6.29 Å². The van der Waals surface area contributed by atoms with Gasteiger partial charge in [-0.15, -0.1) is 0 Å². The summed E-state index contributed by atoms with van der Waals surface area (Å²) in [5.74, 6) is -2.30. The SMILES string of the molecule is CCOC(CN(CC(C)CC)C(=O)C(CC(=O)O)NC(=O)CCNC(=O)OCC1c2ccccc2-c2ccccc21)OCC. The molecule has 2 unspecified atom stereocenters. The molecular weight excluding hydrogens is 566 g/mol. The van der Waals surface area contributed by atoms with Crippen LogP contribution >= 0.6 is 0 Å². The van der Waals surface area contributed by atoms with Crippen molar-refractivity contribution in [1.82, 2.24) is 15.5 Å². The van der Waals surface area contributed by atoms with Gasteiger partial charge < -0.3 is 34.9 Å². The molecule has 3 N–H and O–H groups in total. The Morgan fingerprint density at radius 1 is 0.909 bits per heavy atom. The van der Waals surface area contributed by atoms with Crippen LogP contribution in [0.2, 0.25) is 0 Å². The Balaban J connectivity index is 1.55. The highest BCUT2D eigenvalue weighted by Crippen LogP contribution is 2.44. The fraction of sp³-hybridized carbons (Fsp3) is 0.515. The molecule has 0 saturated heterocycles. The van der Waals surface area contributed by atoms with Crippen molar-refractivity contribution in [2.45, 2.75) is 65.2 Å². The molecule has 240 valence electrons. The number of benzene rings is 2. The molecule has 44 heavy (non-hydrogen) atoms. The number of carbonyl (C=O) groups excluding carboxylic acids is 3. The number of rotatable bonds is 18. The minimum absolute atomic E-state index is 0.0518. The Bertz CT molecular complexity index is 1220. The molecule has 2 aromatic rings. The molecule has 1 aliphatic carbocycles. The number of aliphatic carboxylic acids is 1. The van der Waals surface area contributed by atoms with Crippen molar-refractivity contribution in [3.63, 3.8) is 0 Å². The molecule has 2 aromatic carbocycles. The lowest BCUT2D eigenvalue weighted by Crippen LogP contribution is -2.53. The largest absolute Gasteiger partial charge is 0.481 e. The van der Waals surface area contributed by atoms with Gasteiger partial charge in [0.2, 0.25) is 11.8 Å². The second-order valence-corrected chi connectivity index (χ2v) is 10.8. The van der Waals surface area contributed by atoms with Gasteiger partial charge in [-0.2, -0.15) is 0 Å². The summed E-state index contributed by atoms with van der Waals surface area (Å²) in [7, 11) is 0. The maximum absolute atomic E-state index is 13.5. The summed E-state index contributed by atoms with van der Waals surface area (Å²) in [5.41, 5.74) is 4.42. The Morgan fingerprint density at radius 3 is 2.05 bits per heavy atom. The Labute approximate surface area is 259 Å². The van der Waals surface area contributed by atoms with Gasteiger partial charge in [-0.05, 0) is 42.0 Å². The van der Waals surface area contributed by atoms with Crippen LogP contribution in [0.1, 0.15) is 64.0 Å².